The Morgan fingerprint density at radius 1 is 1.20 bits per heavy atom. The molecule has 6 heteroatoms. The van der Waals surface area contributed by atoms with Crippen molar-refractivity contribution in [2.75, 3.05) is 19.5 Å². The van der Waals surface area contributed by atoms with Gasteiger partial charge in [0.1, 0.15) is 0 Å². The normalized spacial score (nSPS) is 15.0. The highest BCUT2D eigenvalue weighted by Gasteiger charge is 2.15. The second-order valence-corrected chi connectivity index (χ2v) is 6.48. The molecule has 1 aromatic heterocycles. The van der Waals surface area contributed by atoms with Crippen LogP contribution in [0, 0.1) is 5.92 Å². The van der Waals surface area contributed by atoms with Crippen molar-refractivity contribution in [2.24, 2.45) is 5.92 Å². The molecular weight excluding hydrogens is 318 g/mol. The molecule has 1 aliphatic rings. The van der Waals surface area contributed by atoms with E-state index in [4.69, 9.17) is 9.47 Å². The average molecular weight is 343 g/mol. The Morgan fingerprint density at radius 3 is 2.68 bits per heavy atom. The molecule has 1 amide bonds. The Labute approximate surface area is 148 Å². The zero-order valence-electron chi connectivity index (χ0n) is 14.8. The molecular formula is C19H25N3O3. The molecule has 1 saturated carbocycles. The maximum absolute atomic E-state index is 12.4. The van der Waals surface area contributed by atoms with Gasteiger partial charge in [-0.05, 0) is 37.0 Å². The van der Waals surface area contributed by atoms with Crippen molar-refractivity contribution in [1.29, 1.82) is 0 Å². The lowest BCUT2D eigenvalue weighted by Gasteiger charge is -2.21. The van der Waals surface area contributed by atoms with E-state index in [2.05, 4.69) is 14.9 Å². The van der Waals surface area contributed by atoms with Crippen molar-refractivity contribution < 1.29 is 14.3 Å². The van der Waals surface area contributed by atoms with Crippen LogP contribution >= 0.6 is 0 Å². The Kier molecular flexibility index (Phi) is 5.58. The number of carbonyl (C=O) groups excluding carboxylic acids is 1. The van der Waals surface area contributed by atoms with Gasteiger partial charge < -0.3 is 19.4 Å². The Hall–Kier alpha value is -2.50. The van der Waals surface area contributed by atoms with Crippen LogP contribution in [0.3, 0.4) is 0 Å². The van der Waals surface area contributed by atoms with Crippen LogP contribution in [0.1, 0.15) is 42.5 Å². The maximum atomic E-state index is 12.4. The summed E-state index contributed by atoms with van der Waals surface area (Å²) in [7, 11) is 3.11. The first-order chi connectivity index (χ1) is 12.2. The smallest absolute Gasteiger partial charge is 0.256 e. The summed E-state index contributed by atoms with van der Waals surface area (Å²) in [4.78, 5) is 16.7. The third kappa shape index (κ3) is 4.32. The molecule has 1 fully saturated rings. The minimum absolute atomic E-state index is 0.219. The molecule has 3 rings (SSSR count). The second kappa shape index (κ2) is 8.05. The Morgan fingerprint density at radius 2 is 1.96 bits per heavy atom. The predicted octanol–water partition coefficient (Wildman–Crippen LogP) is 3.73. The van der Waals surface area contributed by atoms with E-state index in [0.717, 1.165) is 12.5 Å². The largest absolute Gasteiger partial charge is 0.493 e. The number of nitrogens with one attached hydrogen (secondary N) is 1. The maximum Gasteiger partial charge on any atom is 0.256 e. The van der Waals surface area contributed by atoms with E-state index in [-0.39, 0.29) is 5.91 Å². The van der Waals surface area contributed by atoms with Crippen molar-refractivity contribution >= 4 is 11.7 Å². The molecule has 1 N–H and O–H groups in total. The number of benzene rings is 1. The number of hydrogen-bond donors (Lipinski definition) is 1. The highest BCUT2D eigenvalue weighted by atomic mass is 16.5. The minimum Gasteiger partial charge on any atom is -0.493 e. The monoisotopic (exact) mass is 343 g/mol. The lowest BCUT2D eigenvalue weighted by molar-refractivity contribution is 0.102. The number of nitrogens with zero attached hydrogens (tertiary/aromatic N) is 2. The summed E-state index contributed by atoms with van der Waals surface area (Å²) in [6.07, 6.45) is 10.3. The van der Waals surface area contributed by atoms with E-state index in [1.807, 2.05) is 6.20 Å². The van der Waals surface area contributed by atoms with Crippen LogP contribution in [0.5, 0.6) is 11.5 Å². The van der Waals surface area contributed by atoms with Crippen LogP contribution in [0.4, 0.5) is 5.82 Å². The van der Waals surface area contributed by atoms with Crippen LogP contribution in [0.25, 0.3) is 0 Å². The van der Waals surface area contributed by atoms with Gasteiger partial charge in [-0.25, -0.2) is 4.98 Å². The first kappa shape index (κ1) is 17.3. The summed E-state index contributed by atoms with van der Waals surface area (Å²) in [5.74, 6) is 2.19. The molecule has 134 valence electrons. The fourth-order valence-corrected chi connectivity index (χ4v) is 3.36. The fraction of sp³-hybridized carbons (Fsp3) is 0.474. The molecule has 0 unspecified atom stereocenters. The van der Waals surface area contributed by atoms with E-state index in [0.29, 0.717) is 22.9 Å². The van der Waals surface area contributed by atoms with Gasteiger partial charge in [0.15, 0.2) is 17.3 Å². The van der Waals surface area contributed by atoms with Gasteiger partial charge in [0, 0.05) is 18.3 Å². The molecule has 0 spiro atoms. The second-order valence-electron chi connectivity index (χ2n) is 6.48. The number of carbonyl (C=O) groups is 1. The van der Waals surface area contributed by atoms with Crippen molar-refractivity contribution in [1.82, 2.24) is 9.55 Å². The quantitative estimate of drug-likeness (QED) is 0.868. The zero-order valence-corrected chi connectivity index (χ0v) is 14.8. The summed E-state index contributed by atoms with van der Waals surface area (Å²) in [6, 6.07) is 5.08. The predicted molar refractivity (Wildman–Crippen MR) is 96.3 cm³/mol. The number of amides is 1. The van der Waals surface area contributed by atoms with Gasteiger partial charge in [0.2, 0.25) is 0 Å². The average Bonchev–Trinajstić information content (AvgIpc) is 3.08. The molecule has 0 bridgehead atoms. The summed E-state index contributed by atoms with van der Waals surface area (Å²) in [5, 5.41) is 2.84. The van der Waals surface area contributed by atoms with Gasteiger partial charge in [-0.2, -0.15) is 0 Å². The van der Waals surface area contributed by atoms with Crippen LogP contribution in [0.2, 0.25) is 0 Å². The molecule has 6 nitrogen and oxygen atoms in total. The van der Waals surface area contributed by atoms with Gasteiger partial charge in [0.05, 0.1) is 20.5 Å². The number of aromatic nitrogens is 2. The summed E-state index contributed by atoms with van der Waals surface area (Å²) in [6.45, 7) is 0.971. The van der Waals surface area contributed by atoms with Crippen molar-refractivity contribution in [3.05, 3.63) is 36.3 Å². The summed E-state index contributed by atoms with van der Waals surface area (Å²) < 4.78 is 12.5. The number of ether oxygens (including phenoxy) is 2. The number of methoxy groups -OCH3 is 2. The minimum atomic E-state index is -0.219. The zero-order chi connectivity index (χ0) is 17.6. The first-order valence-corrected chi connectivity index (χ1v) is 8.74. The Bertz CT molecular complexity index is 720. The Balaban J connectivity index is 1.63. The van der Waals surface area contributed by atoms with Gasteiger partial charge in [-0.3, -0.25) is 4.79 Å². The molecule has 0 radical (unpaired) electrons. The van der Waals surface area contributed by atoms with Gasteiger partial charge in [0.25, 0.3) is 5.91 Å². The van der Waals surface area contributed by atoms with Crippen LogP contribution < -0.4 is 14.8 Å². The number of rotatable bonds is 6. The van der Waals surface area contributed by atoms with Crippen LogP contribution in [-0.2, 0) is 6.54 Å². The molecule has 25 heavy (non-hydrogen) atoms. The molecule has 2 aromatic rings. The van der Waals surface area contributed by atoms with Crippen molar-refractivity contribution in [3.63, 3.8) is 0 Å². The first-order valence-electron chi connectivity index (χ1n) is 8.74. The van der Waals surface area contributed by atoms with Gasteiger partial charge >= 0.3 is 0 Å². The fourth-order valence-electron chi connectivity index (χ4n) is 3.36. The molecule has 1 aromatic carbocycles. The number of anilines is 1. The molecule has 1 aliphatic carbocycles. The third-order valence-electron chi connectivity index (χ3n) is 4.71. The number of imidazole rings is 1. The van der Waals surface area contributed by atoms with Gasteiger partial charge in [-0.15, -0.1) is 0 Å². The van der Waals surface area contributed by atoms with E-state index < -0.39 is 0 Å². The van der Waals surface area contributed by atoms with E-state index in [9.17, 15) is 4.79 Å². The van der Waals surface area contributed by atoms with Crippen LogP contribution in [-0.4, -0.2) is 29.7 Å². The molecule has 1 heterocycles. The summed E-state index contributed by atoms with van der Waals surface area (Å²) >= 11 is 0. The third-order valence-corrected chi connectivity index (χ3v) is 4.71. The lowest BCUT2D eigenvalue weighted by Crippen LogP contribution is -2.14. The highest BCUT2D eigenvalue weighted by Crippen LogP contribution is 2.28. The number of hydrogen-bond acceptors (Lipinski definition) is 4. The van der Waals surface area contributed by atoms with Crippen molar-refractivity contribution in [3.8, 4) is 11.5 Å². The van der Waals surface area contributed by atoms with Crippen LogP contribution in [0.15, 0.2) is 30.7 Å². The topological polar surface area (TPSA) is 65.4 Å². The highest BCUT2D eigenvalue weighted by molar-refractivity contribution is 6.04. The molecule has 0 aliphatic heterocycles. The van der Waals surface area contributed by atoms with Crippen molar-refractivity contribution in [2.45, 2.75) is 38.6 Å². The van der Waals surface area contributed by atoms with E-state index in [1.165, 1.54) is 32.1 Å². The molecule has 0 atom stereocenters. The summed E-state index contributed by atoms with van der Waals surface area (Å²) in [5.41, 5.74) is 0.500. The van der Waals surface area contributed by atoms with E-state index >= 15 is 0 Å². The van der Waals surface area contributed by atoms with E-state index in [1.54, 1.807) is 38.7 Å². The molecule has 0 saturated heterocycles. The van der Waals surface area contributed by atoms with Gasteiger partial charge in [-0.1, -0.05) is 19.3 Å². The SMILES string of the molecule is COc1ccc(C(=O)Nc2cn(CC3CCCCC3)cn2)cc1OC. The standard InChI is InChI=1S/C19H25N3O3/c1-24-16-9-8-15(10-17(16)25-2)19(23)21-18-12-22(13-20-18)11-14-6-4-3-5-7-14/h8-10,12-14H,3-7,11H2,1-2H3,(H,21,23). The lowest BCUT2D eigenvalue weighted by atomic mass is 9.89.